The summed E-state index contributed by atoms with van der Waals surface area (Å²) in [6.45, 7) is 0. The second-order valence-electron chi connectivity index (χ2n) is 4.36. The molecule has 0 fully saturated rings. The van der Waals surface area contributed by atoms with Crippen molar-refractivity contribution in [1.82, 2.24) is 0 Å². The second kappa shape index (κ2) is 5.03. The number of carbonyl (C=O) groups excluding carboxylic acids is 1. The van der Waals surface area contributed by atoms with Crippen molar-refractivity contribution < 1.29 is 14.1 Å². The summed E-state index contributed by atoms with van der Waals surface area (Å²) in [6, 6.07) is 13.6. The van der Waals surface area contributed by atoms with Crippen LogP contribution in [0.2, 0.25) is 0 Å². The molecule has 3 aromatic rings. The Morgan fingerprint density at radius 2 is 1.81 bits per heavy atom. The van der Waals surface area contributed by atoms with Gasteiger partial charge in [0.2, 0.25) is 0 Å². The maximum absolute atomic E-state index is 11.4. The summed E-state index contributed by atoms with van der Waals surface area (Å²) < 4.78 is 5.30. The van der Waals surface area contributed by atoms with Crippen molar-refractivity contribution in [2.75, 3.05) is 0 Å². The highest BCUT2D eigenvalue weighted by Crippen LogP contribution is 2.40. The van der Waals surface area contributed by atoms with Crippen LogP contribution < -0.4 is 0 Å². The van der Waals surface area contributed by atoms with E-state index in [-0.39, 0.29) is 11.1 Å². The zero-order valence-electron chi connectivity index (χ0n) is 10.6. The van der Waals surface area contributed by atoms with E-state index < -0.39 is 16.0 Å². The van der Waals surface area contributed by atoms with Crippen molar-refractivity contribution in [3.8, 4) is 11.1 Å². The molecule has 0 radical (unpaired) electrons. The fourth-order valence-electron chi connectivity index (χ4n) is 2.27. The van der Waals surface area contributed by atoms with Crippen molar-refractivity contribution >= 4 is 33.7 Å². The molecular formula is C15H8ClNO4. The Morgan fingerprint density at radius 3 is 2.43 bits per heavy atom. The molecule has 1 aromatic heterocycles. The van der Waals surface area contributed by atoms with Crippen LogP contribution in [-0.2, 0) is 0 Å². The van der Waals surface area contributed by atoms with Crippen molar-refractivity contribution in [2.24, 2.45) is 0 Å². The van der Waals surface area contributed by atoms with Crippen LogP contribution in [0.15, 0.2) is 52.9 Å². The Balaban J connectivity index is 2.42. The van der Waals surface area contributed by atoms with E-state index in [1.54, 1.807) is 36.4 Å². The highest BCUT2D eigenvalue weighted by Gasteiger charge is 2.27. The number of fused-ring (bicyclic) bond motifs is 1. The number of hydrogen-bond donors (Lipinski definition) is 0. The van der Waals surface area contributed by atoms with Crippen molar-refractivity contribution in [3.63, 3.8) is 0 Å². The van der Waals surface area contributed by atoms with Gasteiger partial charge in [-0.3, -0.25) is 14.9 Å². The Bertz CT molecular complexity index is 855. The van der Waals surface area contributed by atoms with Crippen LogP contribution in [0, 0.1) is 10.1 Å². The minimum Gasteiger partial charge on any atom is -0.399 e. The maximum Gasteiger partial charge on any atom is 0.442 e. The van der Waals surface area contributed by atoms with Gasteiger partial charge in [-0.05, 0) is 23.2 Å². The molecule has 0 N–H and O–H groups in total. The minimum absolute atomic E-state index is 0.111. The largest absolute Gasteiger partial charge is 0.442 e. The van der Waals surface area contributed by atoms with E-state index in [1.807, 2.05) is 6.07 Å². The molecule has 0 saturated heterocycles. The van der Waals surface area contributed by atoms with E-state index in [2.05, 4.69) is 0 Å². The normalized spacial score (nSPS) is 10.7. The number of carbonyl (C=O) groups is 1. The fraction of sp³-hybridized carbons (Fsp3) is 0. The molecule has 21 heavy (non-hydrogen) atoms. The summed E-state index contributed by atoms with van der Waals surface area (Å²) in [5, 5.41) is 11.0. The van der Waals surface area contributed by atoms with E-state index in [1.165, 1.54) is 6.07 Å². The molecular weight excluding hydrogens is 294 g/mol. The zero-order chi connectivity index (χ0) is 15.0. The summed E-state index contributed by atoms with van der Waals surface area (Å²) in [6.07, 6.45) is 0. The zero-order valence-corrected chi connectivity index (χ0v) is 11.3. The summed E-state index contributed by atoms with van der Waals surface area (Å²) in [5.41, 5.74) is 1.22. The van der Waals surface area contributed by atoms with Crippen LogP contribution in [0.5, 0.6) is 0 Å². The third-order valence-corrected chi connectivity index (χ3v) is 3.34. The van der Waals surface area contributed by atoms with Crippen molar-refractivity contribution in [3.05, 3.63) is 64.2 Å². The molecule has 2 aromatic carbocycles. The number of para-hydroxylation sites is 1. The fourth-order valence-corrected chi connectivity index (χ4v) is 2.42. The van der Waals surface area contributed by atoms with Gasteiger partial charge in [0, 0.05) is 5.39 Å². The quantitative estimate of drug-likeness (QED) is 0.408. The highest BCUT2D eigenvalue weighted by molar-refractivity contribution is 6.68. The molecule has 0 spiro atoms. The Hall–Kier alpha value is -2.66. The first-order valence-corrected chi connectivity index (χ1v) is 6.42. The van der Waals surface area contributed by atoms with Crippen molar-refractivity contribution in [1.29, 1.82) is 0 Å². The van der Waals surface area contributed by atoms with Gasteiger partial charge >= 0.3 is 5.88 Å². The van der Waals surface area contributed by atoms with Gasteiger partial charge < -0.3 is 4.42 Å². The van der Waals surface area contributed by atoms with Gasteiger partial charge in [0.1, 0.15) is 10.5 Å². The number of nitrogens with zero attached hydrogens (tertiary/aromatic N) is 1. The van der Waals surface area contributed by atoms with E-state index >= 15 is 0 Å². The molecule has 3 rings (SSSR count). The summed E-state index contributed by atoms with van der Waals surface area (Å²) in [4.78, 5) is 22.1. The Kier molecular flexibility index (Phi) is 3.19. The van der Waals surface area contributed by atoms with E-state index in [9.17, 15) is 14.9 Å². The lowest BCUT2D eigenvalue weighted by atomic mass is 10.0. The molecule has 1 heterocycles. The average Bonchev–Trinajstić information content (AvgIpc) is 2.87. The number of nitro groups is 1. The van der Waals surface area contributed by atoms with Crippen LogP contribution in [0.1, 0.15) is 10.4 Å². The highest BCUT2D eigenvalue weighted by atomic mass is 35.5. The van der Waals surface area contributed by atoms with Crippen LogP contribution in [-0.4, -0.2) is 10.2 Å². The molecule has 6 heteroatoms. The van der Waals surface area contributed by atoms with Gasteiger partial charge in [0.05, 0.1) is 5.56 Å². The number of rotatable bonds is 3. The first-order chi connectivity index (χ1) is 10.1. The SMILES string of the molecule is O=C(Cl)c1cccc2c(-c3ccccc3)c([N+](=O)[O-])oc12. The molecule has 0 saturated carbocycles. The van der Waals surface area contributed by atoms with Crippen LogP contribution in [0.4, 0.5) is 5.88 Å². The van der Waals surface area contributed by atoms with Gasteiger partial charge in [-0.2, -0.15) is 0 Å². The predicted molar refractivity (Wildman–Crippen MR) is 78.5 cm³/mol. The van der Waals surface area contributed by atoms with E-state index in [0.717, 1.165) is 0 Å². The molecule has 0 aliphatic carbocycles. The van der Waals surface area contributed by atoms with Crippen LogP contribution in [0.25, 0.3) is 22.1 Å². The van der Waals surface area contributed by atoms with E-state index in [0.29, 0.717) is 16.5 Å². The predicted octanol–water partition coefficient (Wildman–Crippen LogP) is 4.39. The van der Waals surface area contributed by atoms with Crippen LogP contribution >= 0.6 is 11.6 Å². The third-order valence-electron chi connectivity index (χ3n) is 3.14. The molecule has 0 bridgehead atoms. The average molecular weight is 302 g/mol. The molecule has 0 aliphatic heterocycles. The molecule has 0 atom stereocenters. The van der Waals surface area contributed by atoms with Gasteiger partial charge in [-0.25, -0.2) is 0 Å². The summed E-state index contributed by atoms with van der Waals surface area (Å²) >= 11 is 5.50. The maximum atomic E-state index is 11.4. The van der Waals surface area contributed by atoms with Gasteiger partial charge in [0.15, 0.2) is 5.58 Å². The lowest BCUT2D eigenvalue weighted by molar-refractivity contribution is -0.400. The Morgan fingerprint density at radius 1 is 1.10 bits per heavy atom. The first-order valence-electron chi connectivity index (χ1n) is 6.04. The monoisotopic (exact) mass is 301 g/mol. The van der Waals surface area contributed by atoms with Gasteiger partial charge in [-0.15, -0.1) is 0 Å². The van der Waals surface area contributed by atoms with Gasteiger partial charge in [-0.1, -0.05) is 42.5 Å². The minimum atomic E-state index is -0.719. The smallest absolute Gasteiger partial charge is 0.399 e. The first kappa shape index (κ1) is 13.3. The number of hydrogen-bond acceptors (Lipinski definition) is 4. The molecule has 5 nitrogen and oxygen atoms in total. The summed E-state index contributed by atoms with van der Waals surface area (Å²) in [7, 11) is 0. The van der Waals surface area contributed by atoms with Crippen LogP contribution in [0.3, 0.4) is 0 Å². The third kappa shape index (κ3) is 2.17. The molecule has 0 aliphatic rings. The molecule has 0 unspecified atom stereocenters. The number of halogens is 1. The van der Waals surface area contributed by atoms with Crippen molar-refractivity contribution in [2.45, 2.75) is 0 Å². The standard InChI is InChI=1S/C15H8ClNO4/c16-14(18)11-8-4-7-10-12(9-5-2-1-3-6-9)15(17(19)20)21-13(10)11/h1-8H. The molecule has 104 valence electrons. The lowest BCUT2D eigenvalue weighted by Crippen LogP contribution is -1.88. The van der Waals surface area contributed by atoms with E-state index in [4.69, 9.17) is 16.0 Å². The number of benzene rings is 2. The number of furan rings is 1. The summed E-state index contributed by atoms with van der Waals surface area (Å²) in [5.74, 6) is -0.401. The van der Waals surface area contributed by atoms with Gasteiger partial charge in [0.25, 0.3) is 5.24 Å². The topological polar surface area (TPSA) is 73.3 Å². The lowest BCUT2D eigenvalue weighted by Gasteiger charge is -1.98. The Labute approximate surface area is 123 Å². The second-order valence-corrected chi connectivity index (χ2v) is 4.70. The molecule has 0 amide bonds.